The van der Waals surface area contributed by atoms with Gasteiger partial charge in [0.15, 0.2) is 0 Å². The molecule has 0 spiro atoms. The molecule has 1 unspecified atom stereocenters. The van der Waals surface area contributed by atoms with Gasteiger partial charge in [-0.25, -0.2) is 13.9 Å². The van der Waals surface area contributed by atoms with E-state index in [1.54, 1.807) is 23.7 Å². The summed E-state index contributed by atoms with van der Waals surface area (Å²) < 4.78 is 14.7. The largest absolute Gasteiger partial charge is 0.480 e. The average molecular weight is 345 g/mol. The topological polar surface area (TPSA) is 84.2 Å². The van der Waals surface area contributed by atoms with Gasteiger partial charge in [-0.05, 0) is 56.9 Å². The van der Waals surface area contributed by atoms with E-state index in [0.29, 0.717) is 11.4 Å². The Morgan fingerprint density at radius 1 is 1.32 bits per heavy atom. The second kappa shape index (κ2) is 6.66. The second-order valence-electron chi connectivity index (χ2n) is 6.44. The van der Waals surface area contributed by atoms with Gasteiger partial charge in [-0.15, -0.1) is 0 Å². The molecule has 1 aliphatic carbocycles. The molecular formula is C18H20FN3O3. The third kappa shape index (κ3) is 3.70. The molecule has 1 aromatic carbocycles. The van der Waals surface area contributed by atoms with Crippen molar-refractivity contribution >= 4 is 11.9 Å². The molecule has 0 saturated heterocycles. The summed E-state index contributed by atoms with van der Waals surface area (Å²) in [5.74, 6) is -1.62. The van der Waals surface area contributed by atoms with Crippen molar-refractivity contribution in [2.75, 3.05) is 0 Å². The number of rotatable bonds is 6. The number of nitrogens with zero attached hydrogens (tertiary/aromatic N) is 2. The predicted octanol–water partition coefficient (Wildman–Crippen LogP) is 2.15. The van der Waals surface area contributed by atoms with E-state index in [4.69, 9.17) is 0 Å². The van der Waals surface area contributed by atoms with Gasteiger partial charge >= 0.3 is 5.97 Å². The summed E-state index contributed by atoms with van der Waals surface area (Å²) in [5, 5.41) is 16.3. The number of carbonyl (C=O) groups is 2. The Bertz CT molecular complexity index is 810. The summed E-state index contributed by atoms with van der Waals surface area (Å²) in [6.45, 7) is 3.63. The van der Waals surface area contributed by atoms with Gasteiger partial charge in [0, 0.05) is 11.3 Å². The summed E-state index contributed by atoms with van der Waals surface area (Å²) in [7, 11) is 0. The number of aliphatic carboxylic acids is 1. The molecule has 3 rings (SSSR count). The van der Waals surface area contributed by atoms with Gasteiger partial charge in [0.1, 0.15) is 11.9 Å². The van der Waals surface area contributed by atoms with Gasteiger partial charge in [0.25, 0.3) is 0 Å². The van der Waals surface area contributed by atoms with Crippen LogP contribution in [0.1, 0.15) is 29.8 Å². The molecule has 1 aliphatic rings. The van der Waals surface area contributed by atoms with E-state index in [9.17, 15) is 19.1 Å². The number of hydrogen-bond acceptors (Lipinski definition) is 3. The van der Waals surface area contributed by atoms with Gasteiger partial charge in [0.2, 0.25) is 5.91 Å². The van der Waals surface area contributed by atoms with Crippen LogP contribution in [-0.4, -0.2) is 32.8 Å². The molecule has 25 heavy (non-hydrogen) atoms. The van der Waals surface area contributed by atoms with Crippen LogP contribution in [0.15, 0.2) is 24.3 Å². The number of aromatic nitrogens is 2. The summed E-state index contributed by atoms with van der Waals surface area (Å²) in [6.07, 6.45) is 1.73. The Balaban J connectivity index is 1.77. The minimum Gasteiger partial charge on any atom is -0.480 e. The molecule has 0 aliphatic heterocycles. The Kier molecular flexibility index (Phi) is 4.57. The minimum atomic E-state index is -0.994. The molecule has 1 atom stereocenters. The number of carboxylic acids is 1. The fraction of sp³-hybridized carbons (Fsp3) is 0.389. The summed E-state index contributed by atoms with van der Waals surface area (Å²) in [4.78, 5) is 23.6. The maximum atomic E-state index is 13.1. The lowest BCUT2D eigenvalue weighted by Crippen LogP contribution is -2.43. The number of carbonyl (C=O) groups excluding carboxylic acids is 1. The van der Waals surface area contributed by atoms with E-state index in [0.717, 1.165) is 24.1 Å². The van der Waals surface area contributed by atoms with Crippen LogP contribution in [0.4, 0.5) is 4.39 Å². The number of hydrogen-bond donors (Lipinski definition) is 2. The van der Waals surface area contributed by atoms with Crippen LogP contribution in [-0.2, 0) is 16.0 Å². The fourth-order valence-corrected chi connectivity index (χ4v) is 2.96. The normalized spacial score (nSPS) is 15.0. The van der Waals surface area contributed by atoms with E-state index in [-0.39, 0.29) is 24.1 Å². The van der Waals surface area contributed by atoms with Crippen LogP contribution in [0.2, 0.25) is 0 Å². The highest BCUT2D eigenvalue weighted by Gasteiger charge is 2.37. The fourth-order valence-electron chi connectivity index (χ4n) is 2.96. The van der Waals surface area contributed by atoms with Crippen molar-refractivity contribution < 1.29 is 19.1 Å². The maximum absolute atomic E-state index is 13.1. The maximum Gasteiger partial charge on any atom is 0.326 e. The number of amides is 1. The molecule has 132 valence electrons. The quantitative estimate of drug-likeness (QED) is 0.840. The number of benzene rings is 1. The average Bonchev–Trinajstić information content (AvgIpc) is 3.36. The first-order valence-electron chi connectivity index (χ1n) is 8.20. The molecule has 1 heterocycles. The van der Waals surface area contributed by atoms with Crippen LogP contribution in [0.5, 0.6) is 0 Å². The molecule has 6 nitrogen and oxygen atoms in total. The van der Waals surface area contributed by atoms with Gasteiger partial charge in [-0.2, -0.15) is 5.10 Å². The number of carboxylic acid groups (broad SMARTS) is 1. The van der Waals surface area contributed by atoms with E-state index < -0.39 is 12.0 Å². The Morgan fingerprint density at radius 3 is 2.52 bits per heavy atom. The molecule has 1 aromatic heterocycles. The van der Waals surface area contributed by atoms with Crippen LogP contribution in [0.25, 0.3) is 5.69 Å². The van der Waals surface area contributed by atoms with Crippen LogP contribution < -0.4 is 5.32 Å². The first-order chi connectivity index (χ1) is 11.9. The minimum absolute atomic E-state index is 0.0329. The SMILES string of the molecule is Cc1nn(-c2ccc(F)cc2)c(C)c1CC(=O)NC(C(=O)O)C1CC1. The molecule has 1 fully saturated rings. The van der Waals surface area contributed by atoms with E-state index in [2.05, 4.69) is 10.4 Å². The molecular weight excluding hydrogens is 325 g/mol. The van der Waals surface area contributed by atoms with Crippen molar-refractivity contribution in [2.24, 2.45) is 5.92 Å². The molecule has 1 saturated carbocycles. The Morgan fingerprint density at radius 2 is 1.96 bits per heavy atom. The predicted molar refractivity (Wildman–Crippen MR) is 89.0 cm³/mol. The van der Waals surface area contributed by atoms with E-state index in [1.807, 2.05) is 6.92 Å². The molecule has 7 heteroatoms. The van der Waals surface area contributed by atoms with Gasteiger partial charge in [-0.3, -0.25) is 4.79 Å². The molecule has 0 radical (unpaired) electrons. The number of aryl methyl sites for hydroxylation is 1. The Labute approximate surface area is 144 Å². The van der Waals surface area contributed by atoms with E-state index >= 15 is 0 Å². The summed E-state index contributed by atoms with van der Waals surface area (Å²) >= 11 is 0. The smallest absolute Gasteiger partial charge is 0.326 e. The first kappa shape index (κ1) is 17.1. The molecule has 1 amide bonds. The number of nitrogens with one attached hydrogen (secondary N) is 1. The zero-order chi connectivity index (χ0) is 18.1. The van der Waals surface area contributed by atoms with Crippen molar-refractivity contribution in [3.8, 4) is 5.69 Å². The zero-order valence-electron chi connectivity index (χ0n) is 14.1. The third-order valence-electron chi connectivity index (χ3n) is 4.53. The number of halogens is 1. The highest BCUT2D eigenvalue weighted by Crippen LogP contribution is 2.32. The third-order valence-corrected chi connectivity index (χ3v) is 4.53. The molecule has 2 N–H and O–H groups in total. The van der Waals surface area contributed by atoms with Crippen LogP contribution in [0, 0.1) is 25.6 Å². The van der Waals surface area contributed by atoms with Crippen molar-refractivity contribution in [3.63, 3.8) is 0 Å². The van der Waals surface area contributed by atoms with Crippen LogP contribution in [0.3, 0.4) is 0 Å². The van der Waals surface area contributed by atoms with Gasteiger partial charge in [0.05, 0.1) is 17.8 Å². The molecule has 0 bridgehead atoms. The lowest BCUT2D eigenvalue weighted by atomic mass is 10.1. The lowest BCUT2D eigenvalue weighted by Gasteiger charge is -2.13. The monoisotopic (exact) mass is 345 g/mol. The first-order valence-corrected chi connectivity index (χ1v) is 8.20. The second-order valence-corrected chi connectivity index (χ2v) is 6.44. The van der Waals surface area contributed by atoms with Gasteiger partial charge < -0.3 is 10.4 Å². The summed E-state index contributed by atoms with van der Waals surface area (Å²) in [6, 6.07) is 5.12. The highest BCUT2D eigenvalue weighted by molar-refractivity contribution is 5.85. The lowest BCUT2D eigenvalue weighted by molar-refractivity contribution is -0.142. The Hall–Kier alpha value is -2.70. The zero-order valence-corrected chi connectivity index (χ0v) is 14.1. The van der Waals surface area contributed by atoms with Crippen molar-refractivity contribution in [1.29, 1.82) is 0 Å². The van der Waals surface area contributed by atoms with Crippen LogP contribution >= 0.6 is 0 Å². The van der Waals surface area contributed by atoms with Crippen molar-refractivity contribution in [1.82, 2.24) is 15.1 Å². The molecule has 2 aromatic rings. The highest BCUT2D eigenvalue weighted by atomic mass is 19.1. The van der Waals surface area contributed by atoms with E-state index in [1.165, 1.54) is 12.1 Å². The summed E-state index contributed by atoms with van der Waals surface area (Å²) in [5.41, 5.74) is 2.92. The van der Waals surface area contributed by atoms with Gasteiger partial charge in [-0.1, -0.05) is 0 Å². The van der Waals surface area contributed by atoms with Crippen molar-refractivity contribution in [2.45, 2.75) is 39.2 Å². The standard InChI is InChI=1S/C18H20FN3O3/c1-10-15(9-16(23)20-17(18(24)25)12-3-4-12)11(2)22(21-10)14-7-5-13(19)6-8-14/h5-8,12,17H,3-4,9H2,1-2H3,(H,20,23)(H,24,25). The van der Waals surface area contributed by atoms with Crippen molar-refractivity contribution in [3.05, 3.63) is 47.0 Å².